The Bertz CT molecular complexity index is 352. The second-order valence-electron chi connectivity index (χ2n) is 4.04. The average Bonchev–Trinajstić information content (AvgIpc) is 2.61. The van der Waals surface area contributed by atoms with E-state index in [1.54, 1.807) is 11.3 Å². The van der Waals surface area contributed by atoms with Crippen LogP contribution >= 0.6 is 51.2 Å². The summed E-state index contributed by atoms with van der Waals surface area (Å²) >= 11 is 5.10. The van der Waals surface area contributed by atoms with Crippen molar-refractivity contribution in [2.45, 2.75) is 26.8 Å². The summed E-state index contributed by atoms with van der Waals surface area (Å²) in [4.78, 5) is 5.49. The van der Waals surface area contributed by atoms with E-state index >= 15 is 0 Å². The lowest BCUT2D eigenvalue weighted by Gasteiger charge is -2.06. The van der Waals surface area contributed by atoms with Crippen LogP contribution in [-0.2, 0) is 6.54 Å². The van der Waals surface area contributed by atoms with Crippen LogP contribution in [0.2, 0.25) is 0 Å². The molecule has 0 atom stereocenters. The zero-order valence-electron chi connectivity index (χ0n) is 10.1. The number of nitrogens with two attached hydrogens (primary N) is 1. The molecule has 0 aliphatic carbocycles. The molecule has 1 rings (SSSR count). The molecule has 0 amide bonds. The molecule has 17 heavy (non-hydrogen) atoms. The summed E-state index contributed by atoms with van der Waals surface area (Å²) in [5, 5.41) is 5.16. The summed E-state index contributed by atoms with van der Waals surface area (Å²) in [6, 6.07) is 2.07. The van der Waals surface area contributed by atoms with E-state index in [1.807, 2.05) is 5.38 Å². The van der Waals surface area contributed by atoms with E-state index < -0.39 is 0 Å². The van der Waals surface area contributed by atoms with Crippen molar-refractivity contribution in [3.63, 3.8) is 0 Å². The number of aliphatic imine (C=N–C) groups is 1. The van der Waals surface area contributed by atoms with Gasteiger partial charge in [0, 0.05) is 21.3 Å². The second kappa shape index (κ2) is 9.16. The Morgan fingerprint density at radius 1 is 1.59 bits per heavy atom. The van der Waals surface area contributed by atoms with Crippen LogP contribution in [-0.4, -0.2) is 12.5 Å². The van der Waals surface area contributed by atoms with Gasteiger partial charge in [-0.15, -0.1) is 35.3 Å². The molecule has 0 fully saturated rings. The predicted octanol–water partition coefficient (Wildman–Crippen LogP) is 3.58. The fraction of sp³-hybridized carbons (Fsp3) is 0.545. The van der Waals surface area contributed by atoms with E-state index in [9.17, 15) is 0 Å². The van der Waals surface area contributed by atoms with Crippen LogP contribution in [0.5, 0.6) is 0 Å². The number of halogens is 2. The van der Waals surface area contributed by atoms with Crippen LogP contribution in [0.15, 0.2) is 20.9 Å². The molecular weight excluding hydrogens is 413 g/mol. The molecule has 1 heterocycles. The zero-order chi connectivity index (χ0) is 12.0. The molecular formula is C11H19BrIN3S. The number of guanidine groups is 1. The predicted molar refractivity (Wildman–Crippen MR) is 90.2 cm³/mol. The Kier molecular flexibility index (Phi) is 9.25. The smallest absolute Gasteiger partial charge is 0.188 e. The van der Waals surface area contributed by atoms with Gasteiger partial charge in [0.15, 0.2) is 5.96 Å². The summed E-state index contributed by atoms with van der Waals surface area (Å²) in [6.07, 6.45) is 1.11. The molecule has 0 aliphatic rings. The summed E-state index contributed by atoms with van der Waals surface area (Å²) < 4.78 is 1.11. The first-order valence-electron chi connectivity index (χ1n) is 5.34. The minimum Gasteiger partial charge on any atom is -0.370 e. The van der Waals surface area contributed by atoms with Gasteiger partial charge in [0.1, 0.15) is 0 Å². The SMILES string of the molecule is CC(C)CCNC(N)=NCc1cc(Br)cs1.I. The number of thiophene rings is 1. The first-order valence-corrected chi connectivity index (χ1v) is 7.02. The number of hydrogen-bond donors (Lipinski definition) is 2. The van der Waals surface area contributed by atoms with Crippen LogP contribution in [0.1, 0.15) is 25.1 Å². The van der Waals surface area contributed by atoms with E-state index in [2.05, 4.69) is 46.2 Å². The van der Waals surface area contributed by atoms with Crippen LogP contribution in [0.3, 0.4) is 0 Å². The number of rotatable bonds is 5. The Balaban J connectivity index is 0.00000256. The van der Waals surface area contributed by atoms with Crippen LogP contribution < -0.4 is 11.1 Å². The van der Waals surface area contributed by atoms with Crippen molar-refractivity contribution in [1.82, 2.24) is 5.32 Å². The van der Waals surface area contributed by atoms with E-state index in [0.717, 1.165) is 17.4 Å². The number of hydrogen-bond acceptors (Lipinski definition) is 2. The third-order valence-corrected chi connectivity index (χ3v) is 3.74. The van der Waals surface area contributed by atoms with Crippen molar-refractivity contribution in [1.29, 1.82) is 0 Å². The van der Waals surface area contributed by atoms with Crippen LogP contribution in [0, 0.1) is 5.92 Å². The lowest BCUT2D eigenvalue weighted by atomic mass is 10.1. The maximum atomic E-state index is 5.75. The van der Waals surface area contributed by atoms with Gasteiger partial charge >= 0.3 is 0 Å². The van der Waals surface area contributed by atoms with Crippen molar-refractivity contribution < 1.29 is 0 Å². The Morgan fingerprint density at radius 2 is 2.29 bits per heavy atom. The molecule has 1 aromatic rings. The van der Waals surface area contributed by atoms with Gasteiger partial charge in [-0.25, -0.2) is 4.99 Å². The van der Waals surface area contributed by atoms with Crippen molar-refractivity contribution in [3.05, 3.63) is 20.8 Å². The standard InChI is InChI=1S/C11H18BrN3S.HI/c1-8(2)3-4-14-11(13)15-6-10-5-9(12)7-16-10;/h5,7-8H,3-4,6H2,1-2H3,(H3,13,14,15);1H. The van der Waals surface area contributed by atoms with Gasteiger partial charge in [0.05, 0.1) is 6.54 Å². The molecule has 1 aromatic heterocycles. The van der Waals surface area contributed by atoms with Gasteiger partial charge in [-0.05, 0) is 34.3 Å². The summed E-state index contributed by atoms with van der Waals surface area (Å²) in [6.45, 7) is 5.92. The molecule has 0 saturated carbocycles. The topological polar surface area (TPSA) is 50.4 Å². The summed E-state index contributed by atoms with van der Waals surface area (Å²) in [7, 11) is 0. The third-order valence-electron chi connectivity index (χ3n) is 2.05. The monoisotopic (exact) mass is 431 g/mol. The van der Waals surface area contributed by atoms with Crippen LogP contribution in [0.4, 0.5) is 0 Å². The minimum atomic E-state index is 0. The third kappa shape index (κ3) is 7.99. The quantitative estimate of drug-likeness (QED) is 0.425. The van der Waals surface area contributed by atoms with Gasteiger partial charge in [-0.3, -0.25) is 0 Å². The fourth-order valence-corrected chi connectivity index (χ4v) is 2.52. The molecule has 0 aliphatic heterocycles. The van der Waals surface area contributed by atoms with Crippen LogP contribution in [0.25, 0.3) is 0 Å². The first kappa shape index (κ1) is 17.2. The van der Waals surface area contributed by atoms with Gasteiger partial charge in [0.25, 0.3) is 0 Å². The molecule has 0 spiro atoms. The number of nitrogens with zero attached hydrogens (tertiary/aromatic N) is 1. The molecule has 0 aromatic carbocycles. The van der Waals surface area contributed by atoms with E-state index in [-0.39, 0.29) is 24.0 Å². The van der Waals surface area contributed by atoms with Crippen molar-refractivity contribution in [2.24, 2.45) is 16.6 Å². The highest BCUT2D eigenvalue weighted by Crippen LogP contribution is 2.20. The summed E-state index contributed by atoms with van der Waals surface area (Å²) in [5.74, 6) is 1.22. The molecule has 3 N–H and O–H groups in total. The van der Waals surface area contributed by atoms with Crippen molar-refractivity contribution in [3.8, 4) is 0 Å². The Morgan fingerprint density at radius 3 is 2.82 bits per heavy atom. The molecule has 6 heteroatoms. The van der Waals surface area contributed by atoms with E-state index in [4.69, 9.17) is 5.73 Å². The molecule has 0 unspecified atom stereocenters. The molecule has 3 nitrogen and oxygen atoms in total. The average molecular weight is 432 g/mol. The van der Waals surface area contributed by atoms with Gasteiger partial charge in [0.2, 0.25) is 0 Å². The highest BCUT2D eigenvalue weighted by atomic mass is 127. The van der Waals surface area contributed by atoms with Crippen molar-refractivity contribution in [2.75, 3.05) is 6.54 Å². The van der Waals surface area contributed by atoms with Gasteiger partial charge in [-0.2, -0.15) is 0 Å². The fourth-order valence-electron chi connectivity index (χ4n) is 1.14. The Labute approximate surface area is 132 Å². The molecule has 98 valence electrons. The highest BCUT2D eigenvalue weighted by Gasteiger charge is 1.98. The number of nitrogens with one attached hydrogen (secondary N) is 1. The zero-order valence-corrected chi connectivity index (χ0v) is 14.8. The minimum absolute atomic E-state index is 0. The maximum absolute atomic E-state index is 5.75. The molecule has 0 bridgehead atoms. The first-order chi connectivity index (χ1) is 7.58. The van der Waals surface area contributed by atoms with E-state index in [0.29, 0.717) is 18.4 Å². The molecule has 0 saturated heterocycles. The Hall–Kier alpha value is 0.180. The highest BCUT2D eigenvalue weighted by molar-refractivity contribution is 14.0. The lowest BCUT2D eigenvalue weighted by molar-refractivity contribution is 0.576. The second-order valence-corrected chi connectivity index (χ2v) is 5.95. The van der Waals surface area contributed by atoms with Gasteiger partial charge < -0.3 is 11.1 Å². The normalized spacial score (nSPS) is 11.4. The molecule has 0 radical (unpaired) electrons. The van der Waals surface area contributed by atoms with Gasteiger partial charge in [-0.1, -0.05) is 13.8 Å². The van der Waals surface area contributed by atoms with Crippen molar-refractivity contribution >= 4 is 57.2 Å². The largest absolute Gasteiger partial charge is 0.370 e. The maximum Gasteiger partial charge on any atom is 0.188 e. The lowest BCUT2D eigenvalue weighted by Crippen LogP contribution is -2.32. The van der Waals surface area contributed by atoms with E-state index in [1.165, 1.54) is 4.88 Å². The summed E-state index contributed by atoms with van der Waals surface area (Å²) in [5.41, 5.74) is 5.75.